The molecule has 1 aromatic rings. The molecule has 0 amide bonds. The fourth-order valence-corrected chi connectivity index (χ4v) is 0.807. The topological polar surface area (TPSA) is 51.3 Å². The Balaban J connectivity index is 2.75. The van der Waals surface area contributed by atoms with Gasteiger partial charge in [0.1, 0.15) is 5.82 Å². The van der Waals surface area contributed by atoms with E-state index in [0.717, 1.165) is 11.3 Å². The zero-order valence-corrected chi connectivity index (χ0v) is 7.86. The minimum Gasteiger partial charge on any atom is -0.384 e. The molecule has 1 rings (SSSR count). The van der Waals surface area contributed by atoms with Crippen molar-refractivity contribution in [3.63, 3.8) is 0 Å². The maximum atomic E-state index is 5.45. The van der Waals surface area contributed by atoms with E-state index in [9.17, 15) is 0 Å². The molecule has 2 N–H and O–H groups in total. The summed E-state index contributed by atoms with van der Waals surface area (Å²) in [5, 5.41) is 0. The molecule has 13 heavy (non-hydrogen) atoms. The summed E-state index contributed by atoms with van der Waals surface area (Å²) >= 11 is 0. The lowest BCUT2D eigenvalue weighted by Gasteiger charge is -1.93. The first-order chi connectivity index (χ1) is 6.22. The first kappa shape index (κ1) is 9.45. The molecule has 0 atom stereocenters. The van der Waals surface area contributed by atoms with Crippen LogP contribution in [0.2, 0.25) is 0 Å². The number of nitrogen functional groups attached to an aromatic ring is 1. The standard InChI is InChI=1S/C10H13N3/c1-8(12-2)3-4-9-5-6-10(11)13-7-9/h3-7H,1-2H3,(H2,11,13)/b4-3+,12-8?. The SMILES string of the molecule is CN=C(C)/C=C/c1ccc(N)nc1. The van der Waals surface area contributed by atoms with Crippen molar-refractivity contribution in [1.82, 2.24) is 4.98 Å². The molecule has 0 bridgehead atoms. The molecular formula is C10H13N3. The summed E-state index contributed by atoms with van der Waals surface area (Å²) in [5.74, 6) is 0.540. The minimum atomic E-state index is 0.540. The van der Waals surface area contributed by atoms with Crippen molar-refractivity contribution in [2.24, 2.45) is 4.99 Å². The summed E-state index contributed by atoms with van der Waals surface area (Å²) in [6, 6.07) is 3.69. The summed E-state index contributed by atoms with van der Waals surface area (Å²) in [6.07, 6.45) is 5.62. The lowest BCUT2D eigenvalue weighted by atomic mass is 10.2. The van der Waals surface area contributed by atoms with Crippen LogP contribution in [0.15, 0.2) is 29.4 Å². The van der Waals surface area contributed by atoms with Gasteiger partial charge in [-0.15, -0.1) is 0 Å². The molecule has 0 aliphatic rings. The molecule has 0 fully saturated rings. The number of aromatic nitrogens is 1. The maximum Gasteiger partial charge on any atom is 0.123 e. The van der Waals surface area contributed by atoms with E-state index in [0.29, 0.717) is 5.82 Å². The summed E-state index contributed by atoms with van der Waals surface area (Å²) in [6.45, 7) is 1.95. The van der Waals surface area contributed by atoms with Crippen molar-refractivity contribution in [2.45, 2.75) is 6.92 Å². The average molecular weight is 175 g/mol. The highest BCUT2D eigenvalue weighted by Crippen LogP contribution is 2.03. The Bertz CT molecular complexity index is 323. The zero-order chi connectivity index (χ0) is 9.68. The van der Waals surface area contributed by atoms with Gasteiger partial charge in [-0.05, 0) is 30.7 Å². The number of aliphatic imine (C=N–C) groups is 1. The first-order valence-electron chi connectivity index (χ1n) is 4.05. The van der Waals surface area contributed by atoms with E-state index < -0.39 is 0 Å². The van der Waals surface area contributed by atoms with Crippen molar-refractivity contribution in [2.75, 3.05) is 12.8 Å². The quantitative estimate of drug-likeness (QED) is 0.696. The summed E-state index contributed by atoms with van der Waals surface area (Å²) in [4.78, 5) is 7.98. The van der Waals surface area contributed by atoms with Crippen LogP contribution in [0.25, 0.3) is 6.08 Å². The van der Waals surface area contributed by atoms with Crippen molar-refractivity contribution < 1.29 is 0 Å². The predicted molar refractivity (Wildman–Crippen MR) is 56.7 cm³/mol. The number of allylic oxidation sites excluding steroid dienone is 1. The van der Waals surface area contributed by atoms with Crippen LogP contribution < -0.4 is 5.73 Å². The van der Waals surface area contributed by atoms with Crippen LogP contribution in [-0.2, 0) is 0 Å². The van der Waals surface area contributed by atoms with Crippen molar-refractivity contribution in [3.8, 4) is 0 Å². The second kappa shape index (κ2) is 4.40. The number of nitrogens with zero attached hydrogens (tertiary/aromatic N) is 2. The van der Waals surface area contributed by atoms with Crippen LogP contribution in [0.5, 0.6) is 0 Å². The van der Waals surface area contributed by atoms with Gasteiger partial charge in [-0.25, -0.2) is 4.98 Å². The van der Waals surface area contributed by atoms with Gasteiger partial charge in [-0.1, -0.05) is 6.08 Å². The summed E-state index contributed by atoms with van der Waals surface area (Å²) < 4.78 is 0. The summed E-state index contributed by atoms with van der Waals surface area (Å²) in [7, 11) is 1.76. The van der Waals surface area contributed by atoms with Crippen LogP contribution in [0.3, 0.4) is 0 Å². The first-order valence-corrected chi connectivity index (χ1v) is 4.05. The van der Waals surface area contributed by atoms with Gasteiger partial charge < -0.3 is 5.73 Å². The fourth-order valence-electron chi connectivity index (χ4n) is 0.807. The van der Waals surface area contributed by atoms with Gasteiger partial charge in [0.05, 0.1) is 0 Å². The predicted octanol–water partition coefficient (Wildman–Crippen LogP) is 1.77. The molecule has 1 aromatic heterocycles. The second-order valence-electron chi connectivity index (χ2n) is 2.71. The van der Waals surface area contributed by atoms with Crippen LogP contribution >= 0.6 is 0 Å². The number of hydrogen-bond donors (Lipinski definition) is 1. The van der Waals surface area contributed by atoms with E-state index in [4.69, 9.17) is 5.73 Å². The van der Waals surface area contributed by atoms with Gasteiger partial charge in [0.15, 0.2) is 0 Å². The molecule has 68 valence electrons. The summed E-state index contributed by atoms with van der Waals surface area (Å²) in [5.41, 5.74) is 7.46. The molecule has 0 unspecified atom stereocenters. The third-order valence-electron chi connectivity index (χ3n) is 1.68. The van der Waals surface area contributed by atoms with Crippen LogP contribution in [0.1, 0.15) is 12.5 Å². The van der Waals surface area contributed by atoms with Gasteiger partial charge in [-0.3, -0.25) is 4.99 Å². The highest BCUT2D eigenvalue weighted by atomic mass is 14.8. The third-order valence-corrected chi connectivity index (χ3v) is 1.68. The third kappa shape index (κ3) is 3.07. The molecule has 1 heterocycles. The second-order valence-corrected chi connectivity index (χ2v) is 2.71. The van der Waals surface area contributed by atoms with E-state index in [-0.39, 0.29) is 0 Å². The lowest BCUT2D eigenvalue weighted by Crippen LogP contribution is -1.88. The number of rotatable bonds is 2. The molecule has 0 aliphatic heterocycles. The Labute approximate surface area is 78.0 Å². The Kier molecular flexibility index (Phi) is 3.20. The Morgan fingerprint density at radius 1 is 1.54 bits per heavy atom. The highest BCUT2D eigenvalue weighted by molar-refractivity contribution is 5.96. The molecule has 0 aliphatic carbocycles. The average Bonchev–Trinajstić information content (AvgIpc) is 2.16. The van der Waals surface area contributed by atoms with Crippen molar-refractivity contribution in [3.05, 3.63) is 30.0 Å². The Morgan fingerprint density at radius 2 is 2.31 bits per heavy atom. The van der Waals surface area contributed by atoms with Crippen LogP contribution in [-0.4, -0.2) is 17.7 Å². The fraction of sp³-hybridized carbons (Fsp3) is 0.200. The molecule has 0 radical (unpaired) electrons. The molecule has 0 spiro atoms. The van der Waals surface area contributed by atoms with Crippen molar-refractivity contribution in [1.29, 1.82) is 0 Å². The molecule has 0 saturated heterocycles. The van der Waals surface area contributed by atoms with Gasteiger partial charge in [-0.2, -0.15) is 0 Å². The molecule has 3 heteroatoms. The lowest BCUT2D eigenvalue weighted by molar-refractivity contribution is 1.32. The van der Waals surface area contributed by atoms with Crippen molar-refractivity contribution >= 4 is 17.6 Å². The molecule has 0 aromatic carbocycles. The smallest absolute Gasteiger partial charge is 0.123 e. The number of hydrogen-bond acceptors (Lipinski definition) is 3. The Hall–Kier alpha value is -1.64. The molecule has 0 saturated carbocycles. The Morgan fingerprint density at radius 3 is 2.85 bits per heavy atom. The monoisotopic (exact) mass is 175 g/mol. The molecule has 3 nitrogen and oxygen atoms in total. The van der Waals surface area contributed by atoms with E-state index in [2.05, 4.69) is 9.98 Å². The van der Waals surface area contributed by atoms with E-state index in [1.807, 2.05) is 25.1 Å². The maximum absolute atomic E-state index is 5.45. The van der Waals surface area contributed by atoms with Gasteiger partial charge in [0.2, 0.25) is 0 Å². The van der Waals surface area contributed by atoms with Crippen LogP contribution in [0.4, 0.5) is 5.82 Å². The van der Waals surface area contributed by atoms with E-state index in [1.165, 1.54) is 0 Å². The van der Waals surface area contributed by atoms with E-state index >= 15 is 0 Å². The normalized spacial score (nSPS) is 12.3. The largest absolute Gasteiger partial charge is 0.384 e. The number of nitrogens with two attached hydrogens (primary N) is 1. The van der Waals surface area contributed by atoms with E-state index in [1.54, 1.807) is 19.3 Å². The van der Waals surface area contributed by atoms with Gasteiger partial charge >= 0.3 is 0 Å². The van der Waals surface area contributed by atoms with Crippen LogP contribution in [0, 0.1) is 0 Å². The highest BCUT2D eigenvalue weighted by Gasteiger charge is 1.87. The number of anilines is 1. The minimum absolute atomic E-state index is 0.540. The molecular weight excluding hydrogens is 162 g/mol. The number of pyridine rings is 1. The van der Waals surface area contributed by atoms with Gasteiger partial charge in [0, 0.05) is 19.0 Å². The van der Waals surface area contributed by atoms with Gasteiger partial charge in [0.25, 0.3) is 0 Å². The zero-order valence-electron chi connectivity index (χ0n) is 7.86.